The third-order valence-electron chi connectivity index (χ3n) is 5.18. The van der Waals surface area contributed by atoms with E-state index >= 15 is 0 Å². The molecule has 8 heteroatoms. The molecule has 1 saturated heterocycles. The van der Waals surface area contributed by atoms with Crippen molar-refractivity contribution in [2.24, 2.45) is 0 Å². The first kappa shape index (κ1) is 20.8. The number of thioether (sulfide) groups is 1. The number of anilines is 1. The Hall–Kier alpha value is -2.51. The molecule has 2 aromatic carbocycles. The Morgan fingerprint density at radius 3 is 2.60 bits per heavy atom. The zero-order chi connectivity index (χ0) is 20.9. The molecule has 0 saturated carbocycles. The Morgan fingerprint density at radius 1 is 1.13 bits per heavy atom. The van der Waals surface area contributed by atoms with E-state index in [1.54, 1.807) is 6.33 Å². The molecule has 30 heavy (non-hydrogen) atoms. The van der Waals surface area contributed by atoms with E-state index in [1.165, 1.54) is 30.3 Å². The van der Waals surface area contributed by atoms with E-state index in [2.05, 4.69) is 44.7 Å². The maximum atomic E-state index is 12.3. The molecule has 2 heterocycles. The van der Waals surface area contributed by atoms with Crippen LogP contribution in [0.25, 0.3) is 5.69 Å². The minimum absolute atomic E-state index is 0.0416. The predicted octanol–water partition coefficient (Wildman–Crippen LogP) is 4.24. The first-order valence-electron chi connectivity index (χ1n) is 10.00. The van der Waals surface area contributed by atoms with Gasteiger partial charge in [-0.05, 0) is 55.2 Å². The van der Waals surface area contributed by atoms with E-state index in [9.17, 15) is 4.79 Å². The lowest BCUT2D eigenvalue weighted by molar-refractivity contribution is -0.118. The zero-order valence-corrected chi connectivity index (χ0v) is 18.4. The first-order valence-corrected chi connectivity index (χ1v) is 11.4. The average molecular weight is 442 g/mol. The first-order chi connectivity index (χ1) is 14.6. The quantitative estimate of drug-likeness (QED) is 0.555. The van der Waals surface area contributed by atoms with Gasteiger partial charge in [0, 0.05) is 30.3 Å². The molecule has 0 radical (unpaired) electrons. The number of carbonyl (C=O) groups is 1. The number of rotatable bonds is 7. The van der Waals surface area contributed by atoms with Gasteiger partial charge >= 0.3 is 0 Å². The van der Waals surface area contributed by atoms with Gasteiger partial charge in [-0.25, -0.2) is 0 Å². The van der Waals surface area contributed by atoms with Gasteiger partial charge in [-0.2, -0.15) is 0 Å². The Kier molecular flexibility index (Phi) is 6.59. The van der Waals surface area contributed by atoms with E-state index in [0.717, 1.165) is 29.9 Å². The van der Waals surface area contributed by atoms with Gasteiger partial charge in [0.05, 0.1) is 11.4 Å². The highest BCUT2D eigenvalue weighted by Crippen LogP contribution is 2.24. The van der Waals surface area contributed by atoms with Gasteiger partial charge in [0.15, 0.2) is 5.16 Å². The highest BCUT2D eigenvalue weighted by atomic mass is 35.5. The molecule has 6 nitrogen and oxygen atoms in total. The van der Waals surface area contributed by atoms with Crippen LogP contribution in [0.5, 0.6) is 0 Å². The lowest BCUT2D eigenvalue weighted by atomic mass is 10.2. The molecule has 156 valence electrons. The van der Waals surface area contributed by atoms with Crippen molar-refractivity contribution in [3.05, 3.63) is 64.9 Å². The summed E-state index contributed by atoms with van der Waals surface area (Å²) in [6.45, 7) is 4.73. The van der Waals surface area contributed by atoms with Crippen molar-refractivity contribution < 1.29 is 4.79 Å². The van der Waals surface area contributed by atoms with Crippen LogP contribution in [-0.4, -0.2) is 39.5 Å². The molecule has 1 aromatic heterocycles. The zero-order valence-electron chi connectivity index (χ0n) is 16.8. The SMILES string of the molecule is Cc1ccc(-n2cnnc2SCC(=O)NCc2ccc(N3CCCC3)cc2)cc1Cl. The fourth-order valence-electron chi connectivity index (χ4n) is 3.41. The lowest BCUT2D eigenvalue weighted by Crippen LogP contribution is -2.24. The second-order valence-electron chi connectivity index (χ2n) is 7.34. The number of aromatic nitrogens is 3. The number of carbonyl (C=O) groups excluding carboxylic acids is 1. The van der Waals surface area contributed by atoms with Crippen molar-refractivity contribution in [1.82, 2.24) is 20.1 Å². The number of halogens is 1. The van der Waals surface area contributed by atoms with Crippen molar-refractivity contribution in [3.63, 3.8) is 0 Å². The third-order valence-corrected chi connectivity index (χ3v) is 6.53. The number of hydrogen-bond acceptors (Lipinski definition) is 5. The minimum Gasteiger partial charge on any atom is -0.372 e. The van der Waals surface area contributed by atoms with Crippen LogP contribution >= 0.6 is 23.4 Å². The van der Waals surface area contributed by atoms with Crippen LogP contribution in [0.4, 0.5) is 5.69 Å². The Bertz CT molecular complexity index is 1010. The number of nitrogens with one attached hydrogen (secondary N) is 1. The van der Waals surface area contributed by atoms with Crippen LogP contribution in [0.2, 0.25) is 5.02 Å². The number of benzene rings is 2. The van der Waals surface area contributed by atoms with Crippen molar-refractivity contribution in [2.75, 3.05) is 23.7 Å². The minimum atomic E-state index is -0.0416. The lowest BCUT2D eigenvalue weighted by Gasteiger charge is -2.17. The van der Waals surface area contributed by atoms with Crippen LogP contribution < -0.4 is 10.2 Å². The molecule has 0 spiro atoms. The summed E-state index contributed by atoms with van der Waals surface area (Å²) in [7, 11) is 0. The predicted molar refractivity (Wildman–Crippen MR) is 122 cm³/mol. The van der Waals surface area contributed by atoms with Gasteiger partial charge in [-0.15, -0.1) is 10.2 Å². The normalized spacial score (nSPS) is 13.6. The van der Waals surface area contributed by atoms with Gasteiger partial charge in [-0.3, -0.25) is 9.36 Å². The smallest absolute Gasteiger partial charge is 0.230 e. The Labute approximate surface area is 185 Å². The average Bonchev–Trinajstić information content (AvgIpc) is 3.45. The number of nitrogens with zero attached hydrogens (tertiary/aromatic N) is 4. The van der Waals surface area contributed by atoms with E-state index in [-0.39, 0.29) is 11.7 Å². The highest BCUT2D eigenvalue weighted by molar-refractivity contribution is 7.99. The largest absolute Gasteiger partial charge is 0.372 e. The molecule has 1 aliphatic rings. The second-order valence-corrected chi connectivity index (χ2v) is 8.69. The molecule has 0 bridgehead atoms. The van der Waals surface area contributed by atoms with Gasteiger partial charge < -0.3 is 10.2 Å². The van der Waals surface area contributed by atoms with Crippen LogP contribution in [0, 0.1) is 6.92 Å². The maximum absolute atomic E-state index is 12.3. The van der Waals surface area contributed by atoms with Crippen LogP contribution in [0.1, 0.15) is 24.0 Å². The topological polar surface area (TPSA) is 63.1 Å². The monoisotopic (exact) mass is 441 g/mol. The van der Waals surface area contributed by atoms with E-state index in [4.69, 9.17) is 11.6 Å². The summed E-state index contributed by atoms with van der Waals surface area (Å²) in [6, 6.07) is 14.2. The fraction of sp³-hybridized carbons (Fsp3) is 0.318. The molecule has 4 rings (SSSR count). The van der Waals surface area contributed by atoms with E-state index in [0.29, 0.717) is 16.7 Å². The standard InChI is InChI=1S/C22H24ClN5OS/c1-16-4-7-19(12-20(16)23)28-15-25-26-22(28)30-14-21(29)24-13-17-5-8-18(9-6-17)27-10-2-3-11-27/h4-9,12,15H,2-3,10-11,13-14H2,1H3,(H,24,29). The number of hydrogen-bond donors (Lipinski definition) is 1. The summed E-state index contributed by atoms with van der Waals surface area (Å²) >= 11 is 7.58. The molecule has 3 aromatic rings. The van der Waals surface area contributed by atoms with Crippen molar-refractivity contribution in [3.8, 4) is 5.69 Å². The van der Waals surface area contributed by atoms with Crippen molar-refractivity contribution in [1.29, 1.82) is 0 Å². The molecular weight excluding hydrogens is 418 g/mol. The maximum Gasteiger partial charge on any atom is 0.230 e. The van der Waals surface area contributed by atoms with E-state index in [1.807, 2.05) is 29.7 Å². The molecule has 1 aliphatic heterocycles. The van der Waals surface area contributed by atoms with Gasteiger partial charge in [0.25, 0.3) is 0 Å². The van der Waals surface area contributed by atoms with Crippen molar-refractivity contribution in [2.45, 2.75) is 31.5 Å². The molecule has 1 fully saturated rings. The number of amides is 1. The van der Waals surface area contributed by atoms with Gasteiger partial charge in [0.1, 0.15) is 6.33 Å². The van der Waals surface area contributed by atoms with Crippen LogP contribution in [0.15, 0.2) is 53.9 Å². The summed E-state index contributed by atoms with van der Waals surface area (Å²) in [5.74, 6) is 0.226. The highest BCUT2D eigenvalue weighted by Gasteiger charge is 2.13. The molecule has 1 N–H and O–H groups in total. The fourth-order valence-corrected chi connectivity index (χ4v) is 4.35. The second kappa shape index (κ2) is 9.53. The molecule has 0 atom stereocenters. The molecular formula is C22H24ClN5OS. The van der Waals surface area contributed by atoms with Crippen LogP contribution in [0.3, 0.4) is 0 Å². The summed E-state index contributed by atoms with van der Waals surface area (Å²) < 4.78 is 1.83. The van der Waals surface area contributed by atoms with Crippen molar-refractivity contribution >= 4 is 35.0 Å². The van der Waals surface area contributed by atoms with Gasteiger partial charge in [-0.1, -0.05) is 41.6 Å². The van der Waals surface area contributed by atoms with Gasteiger partial charge in [0.2, 0.25) is 5.91 Å². The molecule has 1 amide bonds. The van der Waals surface area contributed by atoms with E-state index < -0.39 is 0 Å². The summed E-state index contributed by atoms with van der Waals surface area (Å²) in [4.78, 5) is 14.7. The third kappa shape index (κ3) is 4.96. The molecule has 0 aliphatic carbocycles. The van der Waals surface area contributed by atoms with Crippen LogP contribution in [-0.2, 0) is 11.3 Å². The number of aryl methyl sites for hydroxylation is 1. The Balaban J connectivity index is 1.29. The summed E-state index contributed by atoms with van der Waals surface area (Å²) in [5, 5.41) is 12.4. The molecule has 0 unspecified atom stereocenters. The summed E-state index contributed by atoms with van der Waals surface area (Å²) in [6.07, 6.45) is 4.16. The Morgan fingerprint density at radius 2 is 1.87 bits per heavy atom. The summed E-state index contributed by atoms with van der Waals surface area (Å²) in [5.41, 5.74) is 4.23.